The lowest BCUT2D eigenvalue weighted by atomic mass is 10.2. The maximum atomic E-state index is 11.7. The van der Waals surface area contributed by atoms with Gasteiger partial charge >= 0.3 is 5.97 Å². The van der Waals surface area contributed by atoms with E-state index in [1.807, 2.05) is 6.07 Å². The first kappa shape index (κ1) is 12.4. The number of hydrogen-bond acceptors (Lipinski definition) is 3. The van der Waals surface area contributed by atoms with Gasteiger partial charge in [0.1, 0.15) is 0 Å². The molecule has 0 heterocycles. The van der Waals surface area contributed by atoms with Gasteiger partial charge in [-0.3, -0.25) is 9.59 Å². The average Bonchev–Trinajstić information content (AvgIpc) is 3.11. The number of carboxylic acids is 1. The van der Waals surface area contributed by atoms with Gasteiger partial charge in [-0.15, -0.1) is 0 Å². The third kappa shape index (κ3) is 2.44. The first-order valence-corrected chi connectivity index (χ1v) is 5.64. The highest BCUT2D eigenvalue weighted by molar-refractivity contribution is 6.33. The van der Waals surface area contributed by atoms with Crippen molar-refractivity contribution in [3.05, 3.63) is 28.8 Å². The zero-order valence-corrected chi connectivity index (χ0v) is 9.94. The number of nitrogens with zero attached hydrogens (tertiary/aromatic N) is 1. The van der Waals surface area contributed by atoms with Gasteiger partial charge in [0, 0.05) is 0 Å². The fraction of sp³-hybridized carbons (Fsp3) is 0.250. The summed E-state index contributed by atoms with van der Waals surface area (Å²) in [7, 11) is 0. The van der Waals surface area contributed by atoms with Gasteiger partial charge in [0.25, 0.3) is 0 Å². The average molecular weight is 265 g/mol. The number of nitrogens with one attached hydrogen (secondary N) is 1. The molecule has 2 atom stereocenters. The summed E-state index contributed by atoms with van der Waals surface area (Å²) in [6.45, 7) is 0. The van der Waals surface area contributed by atoms with Crippen molar-refractivity contribution in [2.45, 2.75) is 6.42 Å². The summed E-state index contributed by atoms with van der Waals surface area (Å²) >= 11 is 5.89. The van der Waals surface area contributed by atoms with Crippen LogP contribution >= 0.6 is 11.6 Å². The molecule has 18 heavy (non-hydrogen) atoms. The first-order valence-electron chi connectivity index (χ1n) is 5.26. The molecular weight excluding hydrogens is 256 g/mol. The lowest BCUT2D eigenvalue weighted by Gasteiger charge is -2.06. The van der Waals surface area contributed by atoms with Gasteiger partial charge in [-0.2, -0.15) is 5.26 Å². The van der Waals surface area contributed by atoms with Crippen LogP contribution < -0.4 is 5.32 Å². The SMILES string of the molecule is N#Cc1ccc(NC(=O)[C@@H]2C[C@@H]2C(=O)O)c(Cl)c1. The number of benzene rings is 1. The Morgan fingerprint density at radius 1 is 1.44 bits per heavy atom. The summed E-state index contributed by atoms with van der Waals surface area (Å²) < 4.78 is 0. The topological polar surface area (TPSA) is 90.2 Å². The van der Waals surface area contributed by atoms with Gasteiger partial charge < -0.3 is 10.4 Å². The van der Waals surface area contributed by atoms with Crippen LogP contribution in [0.1, 0.15) is 12.0 Å². The second-order valence-corrected chi connectivity index (χ2v) is 4.49. The summed E-state index contributed by atoms with van der Waals surface area (Å²) in [6, 6.07) is 6.43. The lowest BCUT2D eigenvalue weighted by molar-refractivity contribution is -0.139. The Balaban J connectivity index is 2.05. The van der Waals surface area contributed by atoms with Gasteiger partial charge in [-0.1, -0.05) is 11.6 Å². The van der Waals surface area contributed by atoms with Crippen LogP contribution in [0.5, 0.6) is 0 Å². The van der Waals surface area contributed by atoms with Gasteiger partial charge in [0.2, 0.25) is 5.91 Å². The zero-order chi connectivity index (χ0) is 13.3. The van der Waals surface area contributed by atoms with Crippen LogP contribution in [0.3, 0.4) is 0 Å². The van der Waals surface area contributed by atoms with E-state index in [0.717, 1.165) is 0 Å². The van der Waals surface area contributed by atoms with E-state index in [9.17, 15) is 9.59 Å². The Labute approximate surface area is 108 Å². The van der Waals surface area contributed by atoms with E-state index < -0.39 is 17.8 Å². The second-order valence-electron chi connectivity index (χ2n) is 4.08. The van der Waals surface area contributed by atoms with Crippen molar-refractivity contribution < 1.29 is 14.7 Å². The second kappa shape index (κ2) is 4.67. The maximum absolute atomic E-state index is 11.7. The minimum Gasteiger partial charge on any atom is -0.481 e. The molecule has 0 aromatic heterocycles. The lowest BCUT2D eigenvalue weighted by Crippen LogP contribution is -2.17. The van der Waals surface area contributed by atoms with Crippen LogP contribution in [0.15, 0.2) is 18.2 Å². The molecule has 1 amide bonds. The van der Waals surface area contributed by atoms with Crippen LogP contribution in [-0.4, -0.2) is 17.0 Å². The molecule has 1 fully saturated rings. The largest absolute Gasteiger partial charge is 0.481 e. The van der Waals surface area contributed by atoms with Gasteiger partial charge in [0.15, 0.2) is 0 Å². The molecule has 0 bridgehead atoms. The summed E-state index contributed by atoms with van der Waals surface area (Å²) in [6.07, 6.45) is 0.356. The molecule has 2 rings (SSSR count). The normalized spacial score (nSPS) is 20.9. The van der Waals surface area contributed by atoms with E-state index in [-0.39, 0.29) is 10.9 Å². The number of carbonyl (C=O) groups is 2. The summed E-state index contributed by atoms with van der Waals surface area (Å²) in [5.74, 6) is -2.40. The molecule has 0 saturated heterocycles. The van der Waals surface area contributed by atoms with Crippen LogP contribution in [0, 0.1) is 23.2 Å². The fourth-order valence-electron chi connectivity index (χ4n) is 1.67. The Morgan fingerprint density at radius 3 is 2.67 bits per heavy atom. The van der Waals surface area contributed by atoms with E-state index in [4.69, 9.17) is 22.0 Å². The molecule has 0 aliphatic heterocycles. The Morgan fingerprint density at radius 2 is 2.17 bits per heavy atom. The fourth-order valence-corrected chi connectivity index (χ4v) is 1.90. The van der Waals surface area contributed by atoms with Crippen molar-refractivity contribution in [3.8, 4) is 6.07 Å². The third-order valence-electron chi connectivity index (χ3n) is 2.80. The van der Waals surface area contributed by atoms with Crippen molar-refractivity contribution in [1.29, 1.82) is 5.26 Å². The number of anilines is 1. The van der Waals surface area contributed by atoms with Crippen molar-refractivity contribution in [2.75, 3.05) is 5.32 Å². The van der Waals surface area contributed by atoms with Crippen molar-refractivity contribution >= 4 is 29.2 Å². The Bertz CT molecular complexity index is 565. The predicted molar refractivity (Wildman–Crippen MR) is 64.0 cm³/mol. The molecule has 6 heteroatoms. The number of halogens is 1. The Hall–Kier alpha value is -2.06. The van der Waals surface area contributed by atoms with E-state index in [1.165, 1.54) is 18.2 Å². The first-order chi connectivity index (χ1) is 8.52. The molecule has 2 N–H and O–H groups in total. The number of rotatable bonds is 3. The molecule has 1 saturated carbocycles. The molecule has 1 aliphatic rings. The van der Waals surface area contributed by atoms with E-state index >= 15 is 0 Å². The smallest absolute Gasteiger partial charge is 0.307 e. The summed E-state index contributed by atoms with van der Waals surface area (Å²) in [5, 5.41) is 20.2. The minimum atomic E-state index is -0.957. The number of carboxylic acid groups (broad SMARTS) is 1. The number of hydrogen-bond donors (Lipinski definition) is 2. The van der Waals surface area contributed by atoms with Gasteiger partial charge in [0.05, 0.1) is 34.2 Å². The highest BCUT2D eigenvalue weighted by atomic mass is 35.5. The highest BCUT2D eigenvalue weighted by Gasteiger charge is 2.48. The number of aliphatic carboxylic acids is 1. The van der Waals surface area contributed by atoms with Gasteiger partial charge in [-0.05, 0) is 24.6 Å². The van der Waals surface area contributed by atoms with E-state index in [1.54, 1.807) is 0 Å². The third-order valence-corrected chi connectivity index (χ3v) is 3.11. The molecule has 0 radical (unpaired) electrons. The molecule has 1 aromatic carbocycles. The Kier molecular flexibility index (Phi) is 3.21. The van der Waals surface area contributed by atoms with Crippen molar-refractivity contribution in [3.63, 3.8) is 0 Å². The molecule has 0 unspecified atom stereocenters. The molecule has 1 aliphatic carbocycles. The molecule has 0 spiro atoms. The van der Waals surface area contributed by atoms with Crippen molar-refractivity contribution in [1.82, 2.24) is 0 Å². The number of nitriles is 1. The monoisotopic (exact) mass is 264 g/mol. The number of carbonyl (C=O) groups excluding carboxylic acids is 1. The van der Waals surface area contributed by atoms with E-state index in [2.05, 4.69) is 5.32 Å². The predicted octanol–water partition coefficient (Wildman–Crippen LogP) is 1.87. The van der Waals surface area contributed by atoms with Crippen molar-refractivity contribution in [2.24, 2.45) is 11.8 Å². The van der Waals surface area contributed by atoms with Gasteiger partial charge in [-0.25, -0.2) is 0 Å². The standard InChI is InChI=1S/C12H9ClN2O3/c13-9-3-6(5-14)1-2-10(9)15-11(16)7-4-8(7)12(17)18/h1-3,7-8H,4H2,(H,15,16)(H,17,18)/t7-,8+/m1/s1. The van der Waals surface area contributed by atoms with E-state index in [0.29, 0.717) is 17.7 Å². The minimum absolute atomic E-state index is 0.259. The summed E-state index contributed by atoms with van der Waals surface area (Å²) in [5.41, 5.74) is 0.782. The van der Waals surface area contributed by atoms with Crippen LogP contribution in [0.2, 0.25) is 5.02 Å². The maximum Gasteiger partial charge on any atom is 0.307 e. The molecule has 5 nitrogen and oxygen atoms in total. The summed E-state index contributed by atoms with van der Waals surface area (Å²) in [4.78, 5) is 22.3. The highest BCUT2D eigenvalue weighted by Crippen LogP contribution is 2.39. The van der Waals surface area contributed by atoms with Crippen LogP contribution in [0.4, 0.5) is 5.69 Å². The zero-order valence-electron chi connectivity index (χ0n) is 9.18. The quantitative estimate of drug-likeness (QED) is 0.872. The molecular formula is C12H9ClN2O3. The van der Waals surface area contributed by atoms with Crippen LogP contribution in [0.25, 0.3) is 0 Å². The van der Waals surface area contributed by atoms with Crippen LogP contribution in [-0.2, 0) is 9.59 Å². The molecule has 1 aromatic rings. The number of amides is 1. The molecule has 92 valence electrons.